The summed E-state index contributed by atoms with van der Waals surface area (Å²) in [6.45, 7) is 0. The van der Waals surface area contributed by atoms with E-state index < -0.39 is 0 Å². The Kier molecular flexibility index (Phi) is 0.328. The molecule has 0 N–H and O–H groups in total. The van der Waals surface area contributed by atoms with Gasteiger partial charge in [-0.3, -0.25) is 0 Å². The molecule has 2 heterocycles. The Balaban J connectivity index is 2.88. The van der Waals surface area contributed by atoms with Crippen molar-refractivity contribution in [1.82, 2.24) is 8.57 Å². The van der Waals surface area contributed by atoms with Gasteiger partial charge in [0.25, 0.3) is 0 Å². The molecule has 0 aliphatic carbocycles. The molecule has 2 rings (SSSR count). The Morgan fingerprint density at radius 3 is 3.00 bits per heavy atom. The van der Waals surface area contributed by atoms with Crippen molar-refractivity contribution in [2.45, 2.75) is 0 Å². The van der Waals surface area contributed by atoms with Crippen LogP contribution in [0.5, 0.6) is 0 Å². The van der Waals surface area contributed by atoms with Crippen LogP contribution in [0.15, 0.2) is 12.4 Å². The monoisotopic (exact) mass is 146 g/mol. The number of aromatic nitrogens is 2. The van der Waals surface area contributed by atoms with Gasteiger partial charge in [0.2, 0.25) is 0 Å². The van der Waals surface area contributed by atoms with Crippen molar-refractivity contribution in [2.75, 3.05) is 0 Å². The molecule has 1 aromatic heterocycles. The summed E-state index contributed by atoms with van der Waals surface area (Å²) in [5.41, 5.74) is 0. The molecule has 3 heteroatoms. The topological polar surface area (TPSA) is 17.8 Å². The first-order chi connectivity index (χ1) is 2.97. The number of imidazole rings is 1. The fourth-order valence-electron chi connectivity index (χ4n) is 0.400. The molecule has 2 nitrogen and oxygen atoms in total. The molecule has 1 aliphatic rings. The van der Waals surface area contributed by atoms with Crippen molar-refractivity contribution in [3.05, 3.63) is 12.4 Å². The fourth-order valence-corrected chi connectivity index (χ4v) is 1.38. The second kappa shape index (κ2) is 0.695. The van der Waals surface area contributed by atoms with E-state index in [1.54, 1.807) is 0 Å². The number of nitrogens with zero attached hydrogens (tertiary/aromatic N) is 2. The normalized spacial score (nSPS) is 14.0. The molecule has 6 heavy (non-hydrogen) atoms. The number of hydrogen-bond acceptors (Lipinski definition) is 1. The Hall–Kier alpha value is -0.271. The molecule has 0 fully saturated rings. The molecule has 0 unspecified atom stereocenters. The first-order valence-corrected chi connectivity index (χ1v) is 3.31. The van der Waals surface area contributed by atoms with Gasteiger partial charge in [-0.25, -0.2) is 0 Å². The summed E-state index contributed by atoms with van der Waals surface area (Å²) in [6.07, 6.45) is 3.84. The maximum atomic E-state index is 4.00. The second-order valence-corrected chi connectivity index (χ2v) is 3.10. The van der Waals surface area contributed by atoms with Gasteiger partial charge in [-0.05, 0) is 0 Å². The van der Waals surface area contributed by atoms with Crippen LogP contribution in [-0.4, -0.2) is 23.7 Å². The van der Waals surface area contributed by atoms with Crippen molar-refractivity contribution < 1.29 is 0 Å². The van der Waals surface area contributed by atoms with Crippen LogP contribution in [0.4, 0.5) is 0 Å². The van der Waals surface area contributed by atoms with E-state index in [0.29, 0.717) is 15.2 Å². The van der Waals surface area contributed by atoms with Crippen molar-refractivity contribution in [2.24, 2.45) is 0 Å². The van der Waals surface area contributed by atoms with Gasteiger partial charge in [0, 0.05) is 0 Å². The van der Waals surface area contributed by atoms with Gasteiger partial charge in [0.05, 0.1) is 0 Å². The van der Waals surface area contributed by atoms with E-state index in [1.165, 1.54) is 4.72 Å². The maximum absolute atomic E-state index is 4.00. The molecule has 0 saturated carbocycles. The minimum absolute atomic E-state index is 0.634. The second-order valence-electron chi connectivity index (χ2n) is 1.13. The SMILES string of the molecule is c1cn2c(n1)[Se]2. The van der Waals surface area contributed by atoms with Crippen LogP contribution in [0.3, 0.4) is 0 Å². The molecule has 0 aromatic carbocycles. The third-order valence-corrected chi connectivity index (χ3v) is 2.37. The van der Waals surface area contributed by atoms with E-state index in [1.807, 2.05) is 12.4 Å². The van der Waals surface area contributed by atoms with E-state index in [0.717, 1.165) is 0 Å². The van der Waals surface area contributed by atoms with Crippen LogP contribution >= 0.6 is 0 Å². The summed E-state index contributed by atoms with van der Waals surface area (Å²) in [6, 6.07) is 0. The van der Waals surface area contributed by atoms with Gasteiger partial charge in [-0.2, -0.15) is 0 Å². The third kappa shape index (κ3) is 0.202. The Morgan fingerprint density at radius 2 is 2.83 bits per heavy atom. The van der Waals surface area contributed by atoms with Crippen LogP contribution in [-0.2, 0) is 0 Å². The molecule has 0 radical (unpaired) electrons. The molecular weight excluding hydrogens is 143 g/mol. The summed E-state index contributed by atoms with van der Waals surface area (Å²) >= 11 is 0.634. The average Bonchev–Trinajstić information content (AvgIpc) is 2.17. The van der Waals surface area contributed by atoms with E-state index in [9.17, 15) is 0 Å². The molecule has 1 aliphatic heterocycles. The first kappa shape index (κ1) is 2.83. The van der Waals surface area contributed by atoms with E-state index in [4.69, 9.17) is 0 Å². The first-order valence-electron chi connectivity index (χ1n) is 1.68. The van der Waals surface area contributed by atoms with E-state index in [2.05, 4.69) is 8.57 Å². The number of rotatable bonds is 0. The predicted molar refractivity (Wildman–Crippen MR) is 23.0 cm³/mol. The summed E-state index contributed by atoms with van der Waals surface area (Å²) in [5.74, 6) is 0. The van der Waals surface area contributed by atoms with Crippen LogP contribution in [0.25, 0.3) is 0 Å². The summed E-state index contributed by atoms with van der Waals surface area (Å²) in [7, 11) is 0. The zero-order valence-corrected chi connectivity index (χ0v) is 4.67. The van der Waals surface area contributed by atoms with Crippen LogP contribution in [0, 0.1) is 0 Å². The van der Waals surface area contributed by atoms with Crippen molar-refractivity contribution in [3.63, 3.8) is 0 Å². The van der Waals surface area contributed by atoms with Crippen molar-refractivity contribution >= 4 is 19.9 Å². The van der Waals surface area contributed by atoms with Crippen molar-refractivity contribution in [3.8, 4) is 0 Å². The Bertz CT molecular complexity index is 153. The molecule has 0 atom stereocenters. The minimum atomic E-state index is 0.634. The summed E-state index contributed by atoms with van der Waals surface area (Å²) in [5, 5.41) is 0. The van der Waals surface area contributed by atoms with Crippen molar-refractivity contribution in [1.29, 1.82) is 0 Å². The average molecular weight is 145 g/mol. The van der Waals surface area contributed by atoms with Gasteiger partial charge in [0.15, 0.2) is 0 Å². The van der Waals surface area contributed by atoms with Gasteiger partial charge in [-0.1, -0.05) is 0 Å². The van der Waals surface area contributed by atoms with Gasteiger partial charge >= 0.3 is 40.9 Å². The van der Waals surface area contributed by atoms with Crippen LogP contribution < -0.4 is 4.72 Å². The van der Waals surface area contributed by atoms with Crippen LogP contribution in [0.2, 0.25) is 0 Å². The number of hydrogen-bond donors (Lipinski definition) is 0. The zero-order valence-electron chi connectivity index (χ0n) is 2.96. The Labute approximate surface area is 41.6 Å². The quantitative estimate of drug-likeness (QED) is 0.434. The molecule has 0 bridgehead atoms. The Morgan fingerprint density at radius 1 is 1.83 bits per heavy atom. The summed E-state index contributed by atoms with van der Waals surface area (Å²) in [4.78, 5) is 4.00. The van der Waals surface area contributed by atoms with E-state index >= 15 is 0 Å². The van der Waals surface area contributed by atoms with Gasteiger partial charge in [0.1, 0.15) is 0 Å². The van der Waals surface area contributed by atoms with Gasteiger partial charge in [-0.15, -0.1) is 0 Å². The molecule has 0 spiro atoms. The third-order valence-electron chi connectivity index (χ3n) is 0.723. The predicted octanol–water partition coefficient (Wildman–Crippen LogP) is -1.01. The zero-order chi connectivity index (χ0) is 3.98. The summed E-state index contributed by atoms with van der Waals surface area (Å²) < 4.78 is 3.44. The van der Waals surface area contributed by atoms with Crippen LogP contribution in [0.1, 0.15) is 0 Å². The fraction of sp³-hybridized carbons (Fsp3) is 0. The standard InChI is InChI=1S/C3H2N2Se/c1-2-5-3(4-1)6-5/h1-2H. The molecule has 0 saturated heterocycles. The van der Waals surface area contributed by atoms with E-state index in [-0.39, 0.29) is 0 Å². The molecule has 30 valence electrons. The molecule has 0 amide bonds. The molecular formula is C3H2N2Se. The number of fused-ring (bicyclic) bond motifs is 1. The van der Waals surface area contributed by atoms with Gasteiger partial charge < -0.3 is 0 Å². The molecule has 1 aromatic rings.